The second kappa shape index (κ2) is 8.38. The summed E-state index contributed by atoms with van der Waals surface area (Å²) in [5, 5.41) is 4.58. The van der Waals surface area contributed by atoms with Gasteiger partial charge in [-0.25, -0.2) is 4.68 Å². The van der Waals surface area contributed by atoms with Crippen LogP contribution in [0, 0.1) is 13.8 Å². The van der Waals surface area contributed by atoms with Gasteiger partial charge >= 0.3 is 5.97 Å². The van der Waals surface area contributed by atoms with Crippen LogP contribution < -0.4 is 4.90 Å². The standard InChI is InChI=1S/C25H27N3O3/c1-16-14-20-10-8-9-13-23(20)27(16)25(30)19(4)31-24(29)15-22-17(2)26-28(18(22)3)21-11-6-5-7-12-21/h5-13,16,19H,14-15H2,1-4H3/t16-,19-/m1/s1. The van der Waals surface area contributed by atoms with Gasteiger partial charge in [-0.1, -0.05) is 36.4 Å². The largest absolute Gasteiger partial charge is 0.452 e. The van der Waals surface area contributed by atoms with Crippen LogP contribution in [0.1, 0.15) is 36.4 Å². The van der Waals surface area contributed by atoms with Gasteiger partial charge in [0.05, 0.1) is 17.8 Å². The van der Waals surface area contributed by atoms with Crippen LogP contribution in [0.15, 0.2) is 54.6 Å². The molecule has 31 heavy (non-hydrogen) atoms. The van der Waals surface area contributed by atoms with Gasteiger partial charge in [-0.3, -0.25) is 9.59 Å². The molecular weight excluding hydrogens is 390 g/mol. The summed E-state index contributed by atoms with van der Waals surface area (Å²) in [6, 6.07) is 17.7. The lowest BCUT2D eigenvalue weighted by Crippen LogP contribution is -2.43. The van der Waals surface area contributed by atoms with E-state index < -0.39 is 12.1 Å². The topological polar surface area (TPSA) is 64.4 Å². The number of ether oxygens (including phenoxy) is 1. The highest BCUT2D eigenvalue weighted by Gasteiger charge is 2.34. The summed E-state index contributed by atoms with van der Waals surface area (Å²) in [7, 11) is 0. The number of esters is 1. The molecule has 2 atom stereocenters. The molecule has 3 aromatic rings. The highest BCUT2D eigenvalue weighted by atomic mass is 16.5. The summed E-state index contributed by atoms with van der Waals surface area (Å²) in [5.74, 6) is -0.626. The molecule has 0 N–H and O–H groups in total. The third kappa shape index (κ3) is 3.98. The highest BCUT2D eigenvalue weighted by Crippen LogP contribution is 2.32. The van der Waals surface area contributed by atoms with E-state index in [4.69, 9.17) is 4.74 Å². The number of rotatable bonds is 5. The zero-order valence-electron chi connectivity index (χ0n) is 18.3. The molecule has 4 rings (SSSR count). The summed E-state index contributed by atoms with van der Waals surface area (Å²) in [5.41, 5.74) is 5.47. The van der Waals surface area contributed by atoms with Gasteiger partial charge in [-0.2, -0.15) is 5.10 Å². The lowest BCUT2D eigenvalue weighted by molar-refractivity contribution is -0.153. The minimum absolute atomic E-state index is 0.0413. The fourth-order valence-corrected chi connectivity index (χ4v) is 4.28. The highest BCUT2D eigenvalue weighted by molar-refractivity contribution is 5.99. The van der Waals surface area contributed by atoms with Gasteiger partial charge in [0.2, 0.25) is 0 Å². The number of carbonyl (C=O) groups excluding carboxylic acids is 2. The van der Waals surface area contributed by atoms with Crippen LogP contribution >= 0.6 is 0 Å². The van der Waals surface area contributed by atoms with Crippen molar-refractivity contribution in [3.8, 4) is 5.69 Å². The van der Waals surface area contributed by atoms with E-state index in [0.717, 1.165) is 40.3 Å². The molecule has 160 valence electrons. The molecule has 6 heteroatoms. The molecule has 0 spiro atoms. The summed E-state index contributed by atoms with van der Waals surface area (Å²) in [4.78, 5) is 27.5. The summed E-state index contributed by atoms with van der Waals surface area (Å²) < 4.78 is 7.38. The van der Waals surface area contributed by atoms with Crippen LogP contribution in [0.2, 0.25) is 0 Å². The Morgan fingerprint density at radius 2 is 1.77 bits per heavy atom. The first-order valence-electron chi connectivity index (χ1n) is 10.6. The Balaban J connectivity index is 1.46. The molecule has 0 fully saturated rings. The van der Waals surface area contributed by atoms with Gasteiger partial charge in [0.15, 0.2) is 6.10 Å². The summed E-state index contributed by atoms with van der Waals surface area (Å²) in [6.45, 7) is 7.47. The van der Waals surface area contributed by atoms with Crippen LogP contribution in [-0.2, 0) is 27.2 Å². The van der Waals surface area contributed by atoms with Crippen LogP contribution in [-0.4, -0.2) is 33.8 Å². The number of nitrogens with zero attached hydrogens (tertiary/aromatic N) is 3. The van der Waals surface area contributed by atoms with Crippen molar-refractivity contribution in [3.63, 3.8) is 0 Å². The predicted molar refractivity (Wildman–Crippen MR) is 119 cm³/mol. The molecule has 1 amide bonds. The maximum absolute atomic E-state index is 13.1. The van der Waals surface area contributed by atoms with Crippen molar-refractivity contribution < 1.29 is 14.3 Å². The smallest absolute Gasteiger partial charge is 0.311 e. The first kappa shape index (κ1) is 20.8. The predicted octanol–water partition coefficient (Wildman–Crippen LogP) is 3.94. The van der Waals surface area contributed by atoms with E-state index in [2.05, 4.69) is 5.10 Å². The van der Waals surface area contributed by atoms with Crippen molar-refractivity contribution in [1.82, 2.24) is 9.78 Å². The van der Waals surface area contributed by atoms with Gasteiger partial charge in [0.1, 0.15) is 0 Å². The monoisotopic (exact) mass is 417 g/mol. The number of hydrogen-bond donors (Lipinski definition) is 0. The van der Waals surface area contributed by atoms with Crippen LogP contribution in [0.4, 0.5) is 5.69 Å². The number of anilines is 1. The average molecular weight is 418 g/mol. The zero-order valence-corrected chi connectivity index (χ0v) is 18.3. The minimum Gasteiger partial charge on any atom is -0.452 e. The summed E-state index contributed by atoms with van der Waals surface area (Å²) in [6.07, 6.45) is 0.0272. The third-order valence-electron chi connectivity index (χ3n) is 5.86. The lowest BCUT2D eigenvalue weighted by Gasteiger charge is -2.26. The number of benzene rings is 2. The maximum Gasteiger partial charge on any atom is 0.311 e. The van der Waals surface area contributed by atoms with E-state index in [9.17, 15) is 9.59 Å². The van der Waals surface area contributed by atoms with Crippen molar-refractivity contribution >= 4 is 17.6 Å². The molecule has 1 aliphatic heterocycles. The number of amides is 1. The SMILES string of the molecule is Cc1nn(-c2ccccc2)c(C)c1CC(=O)O[C@H](C)C(=O)N1c2ccccc2C[C@H]1C. The second-order valence-corrected chi connectivity index (χ2v) is 8.10. The fraction of sp³-hybridized carbons (Fsp3) is 0.320. The first-order chi connectivity index (χ1) is 14.9. The molecule has 2 aromatic carbocycles. The van der Waals surface area contributed by atoms with E-state index >= 15 is 0 Å². The molecular formula is C25H27N3O3. The Labute approximate surface area is 182 Å². The second-order valence-electron chi connectivity index (χ2n) is 8.10. The molecule has 2 heterocycles. The number of aryl methyl sites for hydroxylation is 1. The van der Waals surface area contributed by atoms with E-state index in [1.54, 1.807) is 11.8 Å². The van der Waals surface area contributed by atoms with Crippen molar-refractivity contribution in [2.75, 3.05) is 4.90 Å². The lowest BCUT2D eigenvalue weighted by atomic mass is 10.1. The summed E-state index contributed by atoms with van der Waals surface area (Å²) >= 11 is 0. The Bertz CT molecular complexity index is 1120. The molecule has 0 saturated carbocycles. The quantitative estimate of drug-likeness (QED) is 0.590. The Morgan fingerprint density at radius 1 is 1.10 bits per heavy atom. The molecule has 0 unspecified atom stereocenters. The van der Waals surface area contributed by atoms with Crippen molar-refractivity contribution in [2.24, 2.45) is 0 Å². The Morgan fingerprint density at radius 3 is 2.52 bits per heavy atom. The molecule has 6 nitrogen and oxygen atoms in total. The van der Waals surface area contributed by atoms with Crippen LogP contribution in [0.3, 0.4) is 0 Å². The van der Waals surface area contributed by atoms with E-state index in [0.29, 0.717) is 0 Å². The van der Waals surface area contributed by atoms with Gasteiger partial charge < -0.3 is 9.64 Å². The molecule has 0 saturated heterocycles. The van der Waals surface area contributed by atoms with Crippen molar-refractivity contribution in [2.45, 2.75) is 52.7 Å². The number of fused-ring (bicyclic) bond motifs is 1. The van der Waals surface area contributed by atoms with E-state index in [-0.39, 0.29) is 18.4 Å². The molecule has 0 bridgehead atoms. The van der Waals surface area contributed by atoms with Crippen LogP contribution in [0.5, 0.6) is 0 Å². The van der Waals surface area contributed by atoms with Gasteiger partial charge in [-0.05, 0) is 57.9 Å². The first-order valence-corrected chi connectivity index (χ1v) is 10.6. The molecule has 0 radical (unpaired) electrons. The van der Waals surface area contributed by atoms with Crippen LogP contribution in [0.25, 0.3) is 5.69 Å². The molecule has 1 aromatic heterocycles. The molecule has 0 aliphatic carbocycles. The van der Waals surface area contributed by atoms with Crippen molar-refractivity contribution in [1.29, 1.82) is 0 Å². The van der Waals surface area contributed by atoms with E-state index in [1.807, 2.05) is 80.1 Å². The van der Waals surface area contributed by atoms with Gasteiger partial charge in [0.25, 0.3) is 5.91 Å². The average Bonchev–Trinajstić information content (AvgIpc) is 3.24. The van der Waals surface area contributed by atoms with E-state index in [1.165, 1.54) is 0 Å². The fourth-order valence-electron chi connectivity index (χ4n) is 4.28. The zero-order chi connectivity index (χ0) is 22.1. The minimum atomic E-state index is -0.856. The normalized spacial score (nSPS) is 16.1. The number of aromatic nitrogens is 2. The Hall–Kier alpha value is -3.41. The van der Waals surface area contributed by atoms with Crippen molar-refractivity contribution in [3.05, 3.63) is 77.1 Å². The number of para-hydroxylation sites is 2. The maximum atomic E-state index is 13.1. The number of carbonyl (C=O) groups is 2. The van der Waals surface area contributed by atoms with Gasteiger partial charge in [-0.15, -0.1) is 0 Å². The molecule has 1 aliphatic rings. The third-order valence-corrected chi connectivity index (χ3v) is 5.86. The van der Waals surface area contributed by atoms with Gasteiger partial charge in [0, 0.05) is 23.0 Å². The Kier molecular flexibility index (Phi) is 5.63. The number of hydrogen-bond acceptors (Lipinski definition) is 4.